The van der Waals surface area contributed by atoms with Crippen LogP contribution in [0.25, 0.3) is 0 Å². The zero-order valence-electron chi connectivity index (χ0n) is 22.6. The van der Waals surface area contributed by atoms with Crippen LogP contribution in [0.5, 0.6) is 11.5 Å². The molecule has 1 aliphatic rings. The fourth-order valence-corrected chi connectivity index (χ4v) is 5.26. The molecule has 0 fully saturated rings. The lowest BCUT2D eigenvalue weighted by atomic mass is 9.87. The Bertz CT molecular complexity index is 1320. The van der Waals surface area contributed by atoms with Crippen LogP contribution in [0.3, 0.4) is 0 Å². The van der Waals surface area contributed by atoms with E-state index >= 15 is 0 Å². The Morgan fingerprint density at radius 2 is 2.00 bits per heavy atom. The number of carbonyl (C=O) groups is 4. The maximum atomic E-state index is 13.8. The largest absolute Gasteiger partial charge is 0.493 e. The Kier molecular flexibility index (Phi) is 11.8. The molecule has 0 unspecified atom stereocenters. The van der Waals surface area contributed by atoms with Gasteiger partial charge in [-0.05, 0) is 64.9 Å². The third-order valence-corrected chi connectivity index (χ3v) is 7.41. The Balaban J connectivity index is 2.03. The van der Waals surface area contributed by atoms with E-state index in [2.05, 4.69) is 5.32 Å². The molecule has 0 aromatic heterocycles. The van der Waals surface area contributed by atoms with Gasteiger partial charge in [0.05, 0.1) is 23.3 Å². The first-order chi connectivity index (χ1) is 19.6. The van der Waals surface area contributed by atoms with Gasteiger partial charge in [-0.2, -0.15) is 0 Å². The van der Waals surface area contributed by atoms with Crippen LogP contribution in [0.1, 0.15) is 35.7 Å². The van der Waals surface area contributed by atoms with Crippen LogP contribution < -0.4 is 14.8 Å². The molecule has 10 nitrogen and oxygen atoms in total. The zero-order valence-corrected chi connectivity index (χ0v) is 24.8. The summed E-state index contributed by atoms with van der Waals surface area (Å²) in [4.78, 5) is 51.4. The first-order valence-electron chi connectivity index (χ1n) is 13.0. The SMILES string of the molecule is CCC(=O)C(=O)N(CCc1cccc(F)c1)[C@@H]1CC(C(=O)NCCO)=C[C@H](Oc2c(I)cc(C=O)cc2OC)[C@H]1O. The van der Waals surface area contributed by atoms with Crippen molar-refractivity contribution < 1.29 is 43.3 Å². The molecule has 0 radical (unpaired) electrons. The Morgan fingerprint density at radius 3 is 2.63 bits per heavy atom. The van der Waals surface area contributed by atoms with Gasteiger partial charge in [-0.15, -0.1) is 0 Å². The quantitative estimate of drug-likeness (QED) is 0.166. The lowest BCUT2D eigenvalue weighted by Crippen LogP contribution is -2.56. The first-order valence-corrected chi connectivity index (χ1v) is 14.1. The number of halogens is 2. The lowest BCUT2D eigenvalue weighted by molar-refractivity contribution is -0.149. The molecule has 0 spiro atoms. The third kappa shape index (κ3) is 8.11. The van der Waals surface area contributed by atoms with Gasteiger partial charge in [0.1, 0.15) is 24.3 Å². The standard InChI is InChI=1S/C29H32FIN2O8/c1-3-23(36)29(39)33(9-7-17-5-4-6-20(30)11-17)22-14-19(28(38)32-8-10-34)15-24(26(22)37)41-27-21(31)12-18(16-35)13-25(27)40-2/h4-6,11-13,15-16,22,24,26,34,37H,3,7-10,14H2,1-2H3,(H,32,38)/t22-,24+,26+/m1/s1. The number of nitrogens with one attached hydrogen (secondary N) is 1. The molecule has 12 heteroatoms. The molecule has 0 aliphatic heterocycles. The number of ether oxygens (including phenoxy) is 2. The highest BCUT2D eigenvalue weighted by Crippen LogP contribution is 2.37. The van der Waals surface area contributed by atoms with Crippen LogP contribution in [0.4, 0.5) is 4.39 Å². The van der Waals surface area contributed by atoms with Gasteiger partial charge in [0.2, 0.25) is 11.7 Å². The van der Waals surface area contributed by atoms with Crippen LogP contribution >= 0.6 is 22.6 Å². The smallest absolute Gasteiger partial charge is 0.290 e. The summed E-state index contributed by atoms with van der Waals surface area (Å²) in [6, 6.07) is 7.79. The minimum atomic E-state index is -1.39. The highest BCUT2D eigenvalue weighted by atomic mass is 127. The van der Waals surface area contributed by atoms with E-state index in [1.807, 2.05) is 22.6 Å². The molecule has 1 aliphatic carbocycles. The summed E-state index contributed by atoms with van der Waals surface area (Å²) in [5, 5.41) is 23.3. The summed E-state index contributed by atoms with van der Waals surface area (Å²) in [5.74, 6) is -2.10. The summed E-state index contributed by atoms with van der Waals surface area (Å²) in [6.45, 7) is 1.18. The number of hydrogen-bond donors (Lipinski definition) is 3. The van der Waals surface area contributed by atoms with Gasteiger partial charge in [0, 0.05) is 37.1 Å². The van der Waals surface area contributed by atoms with E-state index in [4.69, 9.17) is 9.47 Å². The van der Waals surface area contributed by atoms with Gasteiger partial charge in [-0.3, -0.25) is 19.2 Å². The summed E-state index contributed by atoms with van der Waals surface area (Å²) in [7, 11) is 1.39. The molecule has 41 heavy (non-hydrogen) atoms. The molecular weight excluding hydrogens is 650 g/mol. The third-order valence-electron chi connectivity index (χ3n) is 6.61. The van der Waals surface area contributed by atoms with Gasteiger partial charge < -0.3 is 29.9 Å². The van der Waals surface area contributed by atoms with Crippen molar-refractivity contribution in [3.8, 4) is 11.5 Å². The molecule has 0 bridgehead atoms. The van der Waals surface area contributed by atoms with Gasteiger partial charge in [0.25, 0.3) is 5.91 Å². The molecular formula is C29H32FIN2O8. The number of hydrogen-bond acceptors (Lipinski definition) is 8. The molecule has 220 valence electrons. The summed E-state index contributed by atoms with van der Waals surface area (Å²) in [5.41, 5.74) is 1.09. The number of benzene rings is 2. The summed E-state index contributed by atoms with van der Waals surface area (Å²) in [6.07, 6.45) is -0.488. The minimum absolute atomic E-state index is 0.0235. The molecule has 2 amide bonds. The highest BCUT2D eigenvalue weighted by Gasteiger charge is 2.41. The summed E-state index contributed by atoms with van der Waals surface area (Å²) < 4.78 is 25.8. The number of aldehydes is 1. The Hall–Kier alpha value is -3.36. The Morgan fingerprint density at radius 1 is 1.24 bits per heavy atom. The van der Waals surface area contributed by atoms with Crippen molar-refractivity contribution in [2.45, 2.75) is 44.4 Å². The van der Waals surface area contributed by atoms with Crippen molar-refractivity contribution in [2.24, 2.45) is 0 Å². The fourth-order valence-electron chi connectivity index (χ4n) is 4.51. The Labute approximate surface area is 250 Å². The van der Waals surface area contributed by atoms with Gasteiger partial charge in [0.15, 0.2) is 11.5 Å². The van der Waals surface area contributed by atoms with Crippen LogP contribution in [-0.2, 0) is 20.8 Å². The zero-order chi connectivity index (χ0) is 30.1. The van der Waals surface area contributed by atoms with E-state index < -0.39 is 41.7 Å². The van der Waals surface area contributed by atoms with Gasteiger partial charge >= 0.3 is 0 Å². The number of amides is 2. The van der Waals surface area contributed by atoms with Crippen molar-refractivity contribution in [2.75, 3.05) is 26.8 Å². The average Bonchev–Trinajstić information content (AvgIpc) is 2.97. The monoisotopic (exact) mass is 682 g/mol. The molecule has 3 rings (SSSR count). The maximum absolute atomic E-state index is 13.8. The maximum Gasteiger partial charge on any atom is 0.290 e. The number of nitrogens with zero attached hydrogens (tertiary/aromatic N) is 1. The number of aliphatic hydroxyl groups excluding tert-OH is 2. The molecule has 0 heterocycles. The predicted octanol–water partition coefficient (Wildman–Crippen LogP) is 2.22. The summed E-state index contributed by atoms with van der Waals surface area (Å²) >= 11 is 1.95. The predicted molar refractivity (Wildman–Crippen MR) is 155 cm³/mol. The second-order valence-electron chi connectivity index (χ2n) is 9.32. The molecule has 3 N–H and O–H groups in total. The van der Waals surface area contributed by atoms with Crippen LogP contribution in [0, 0.1) is 9.39 Å². The van der Waals surface area contributed by atoms with Crippen molar-refractivity contribution >= 4 is 46.5 Å². The number of Topliss-reactive ketones (excluding diaryl/α,β-unsaturated/α-hetero) is 1. The average molecular weight is 682 g/mol. The molecule has 2 aromatic carbocycles. The number of aliphatic hydroxyl groups is 2. The van der Waals surface area contributed by atoms with Gasteiger partial charge in [-0.25, -0.2) is 4.39 Å². The number of methoxy groups -OCH3 is 1. The first kappa shape index (κ1) is 32.2. The van der Waals surface area contributed by atoms with E-state index in [0.717, 1.165) is 0 Å². The van der Waals surface area contributed by atoms with E-state index in [9.17, 15) is 33.8 Å². The molecule has 3 atom stereocenters. The van der Waals surface area contributed by atoms with E-state index in [0.29, 0.717) is 21.0 Å². The van der Waals surface area contributed by atoms with Crippen LogP contribution in [-0.4, -0.2) is 84.1 Å². The normalized spacial score (nSPS) is 18.2. The second-order valence-corrected chi connectivity index (χ2v) is 10.5. The van der Waals surface area contributed by atoms with Crippen molar-refractivity contribution in [1.82, 2.24) is 10.2 Å². The van der Waals surface area contributed by atoms with Gasteiger partial charge in [-0.1, -0.05) is 19.1 Å². The van der Waals surface area contributed by atoms with E-state index in [-0.39, 0.29) is 56.0 Å². The van der Waals surface area contributed by atoms with Crippen LogP contribution in [0.15, 0.2) is 48.0 Å². The van der Waals surface area contributed by atoms with E-state index in [1.54, 1.807) is 19.1 Å². The number of rotatable bonds is 13. The highest BCUT2D eigenvalue weighted by molar-refractivity contribution is 14.1. The second kappa shape index (κ2) is 15.0. The number of carbonyl (C=O) groups excluding carboxylic acids is 4. The molecule has 0 saturated carbocycles. The van der Waals surface area contributed by atoms with Crippen LogP contribution in [0.2, 0.25) is 0 Å². The molecule has 2 aromatic rings. The van der Waals surface area contributed by atoms with Crippen molar-refractivity contribution in [3.05, 3.63) is 68.6 Å². The topological polar surface area (TPSA) is 142 Å². The molecule has 0 saturated heterocycles. The van der Waals surface area contributed by atoms with Crippen molar-refractivity contribution in [3.63, 3.8) is 0 Å². The van der Waals surface area contributed by atoms with E-state index in [1.165, 1.54) is 42.4 Å². The lowest BCUT2D eigenvalue weighted by Gasteiger charge is -2.40. The minimum Gasteiger partial charge on any atom is -0.493 e. The number of ketones is 1. The van der Waals surface area contributed by atoms with Crippen molar-refractivity contribution in [1.29, 1.82) is 0 Å². The fraction of sp³-hybridized carbons (Fsp3) is 0.379.